The molecule has 1 N–H and O–H groups in total. The maximum Gasteiger partial charge on any atom is 0.358 e. The maximum atomic E-state index is 12.1. The molecule has 9 heteroatoms. The van der Waals surface area contributed by atoms with Gasteiger partial charge in [0.2, 0.25) is 0 Å². The van der Waals surface area contributed by atoms with Crippen molar-refractivity contribution in [3.8, 4) is 0 Å². The van der Waals surface area contributed by atoms with Crippen LogP contribution in [0.2, 0.25) is 0 Å². The predicted molar refractivity (Wildman–Crippen MR) is 63.2 cm³/mol. The van der Waals surface area contributed by atoms with Crippen LogP contribution in [0.15, 0.2) is 6.20 Å². The second kappa shape index (κ2) is 5.17. The van der Waals surface area contributed by atoms with Crippen LogP contribution in [-0.2, 0) is 14.3 Å². The van der Waals surface area contributed by atoms with Crippen LogP contribution in [0.25, 0.3) is 0 Å². The van der Waals surface area contributed by atoms with Gasteiger partial charge in [0, 0.05) is 13.1 Å². The number of amides is 1. The van der Waals surface area contributed by atoms with Crippen LogP contribution in [-0.4, -0.2) is 75.9 Å². The zero-order chi connectivity index (χ0) is 14.1. The summed E-state index contributed by atoms with van der Waals surface area (Å²) in [7, 11) is 0. The number of hydrogen-bond acceptors (Lipinski definition) is 6. The molecule has 3 heterocycles. The number of carbonyl (C=O) groups excluding carboxylic acids is 1. The zero-order valence-electron chi connectivity index (χ0n) is 10.6. The Hall–Kier alpha value is -2.00. The molecule has 2 saturated heterocycles. The van der Waals surface area contributed by atoms with Crippen molar-refractivity contribution in [1.82, 2.24) is 19.9 Å². The number of likely N-dealkylation sites (tertiary alicyclic amines) is 1. The lowest BCUT2D eigenvalue weighted by atomic mass is 10.1. The van der Waals surface area contributed by atoms with E-state index in [0.717, 1.165) is 0 Å². The number of hydrogen-bond donors (Lipinski definition) is 1. The van der Waals surface area contributed by atoms with Crippen molar-refractivity contribution in [3.63, 3.8) is 0 Å². The first-order chi connectivity index (χ1) is 9.65. The number of rotatable bonds is 3. The lowest BCUT2D eigenvalue weighted by Gasteiger charge is -2.40. The monoisotopic (exact) mass is 282 g/mol. The Morgan fingerprint density at radius 3 is 2.75 bits per heavy atom. The third-order valence-corrected chi connectivity index (χ3v) is 3.37. The van der Waals surface area contributed by atoms with Gasteiger partial charge in [-0.3, -0.25) is 4.79 Å². The van der Waals surface area contributed by atoms with Gasteiger partial charge in [0.05, 0.1) is 32.1 Å². The number of aromatic carboxylic acids is 1. The molecule has 0 aliphatic carbocycles. The van der Waals surface area contributed by atoms with Gasteiger partial charge in [-0.25, -0.2) is 9.48 Å². The lowest BCUT2D eigenvalue weighted by molar-refractivity contribution is -0.163. The molecule has 1 amide bonds. The number of carboxylic acids is 1. The summed E-state index contributed by atoms with van der Waals surface area (Å²) in [5.41, 5.74) is -0.0983. The fourth-order valence-corrected chi connectivity index (χ4v) is 2.19. The second-order valence-electron chi connectivity index (χ2n) is 4.72. The molecule has 2 aliphatic heterocycles. The molecular formula is C11H14N4O5. The van der Waals surface area contributed by atoms with Crippen molar-refractivity contribution < 1.29 is 24.2 Å². The molecular weight excluding hydrogens is 268 g/mol. The Bertz CT molecular complexity index is 519. The van der Waals surface area contributed by atoms with E-state index < -0.39 is 12.1 Å². The Kier molecular flexibility index (Phi) is 3.36. The largest absolute Gasteiger partial charge is 0.476 e. The van der Waals surface area contributed by atoms with Gasteiger partial charge in [-0.2, -0.15) is 0 Å². The zero-order valence-corrected chi connectivity index (χ0v) is 10.6. The molecule has 0 bridgehead atoms. The molecule has 1 aromatic heterocycles. The Morgan fingerprint density at radius 1 is 1.35 bits per heavy atom. The molecule has 3 rings (SSSR count). The van der Waals surface area contributed by atoms with Gasteiger partial charge in [-0.05, 0) is 0 Å². The van der Waals surface area contributed by atoms with Gasteiger partial charge in [0.15, 0.2) is 11.8 Å². The quantitative estimate of drug-likeness (QED) is 0.740. The molecule has 0 aromatic carbocycles. The maximum absolute atomic E-state index is 12.1. The van der Waals surface area contributed by atoms with Crippen LogP contribution < -0.4 is 0 Å². The highest BCUT2D eigenvalue weighted by molar-refractivity contribution is 5.84. The van der Waals surface area contributed by atoms with E-state index in [2.05, 4.69) is 10.3 Å². The minimum atomic E-state index is -1.11. The first-order valence-electron chi connectivity index (χ1n) is 6.28. The number of carbonyl (C=O) groups is 2. The average Bonchev–Trinajstić information content (AvgIpc) is 2.87. The van der Waals surface area contributed by atoms with Crippen LogP contribution >= 0.6 is 0 Å². The number of ether oxygens (including phenoxy) is 2. The molecule has 2 aliphatic rings. The van der Waals surface area contributed by atoms with E-state index in [1.165, 1.54) is 10.9 Å². The molecule has 20 heavy (non-hydrogen) atoms. The summed E-state index contributed by atoms with van der Waals surface area (Å²) in [4.78, 5) is 24.4. The fourth-order valence-electron chi connectivity index (χ4n) is 2.19. The highest BCUT2D eigenvalue weighted by atomic mass is 16.6. The second-order valence-corrected chi connectivity index (χ2v) is 4.72. The van der Waals surface area contributed by atoms with Gasteiger partial charge in [-0.1, -0.05) is 5.21 Å². The highest BCUT2D eigenvalue weighted by Gasteiger charge is 2.37. The molecule has 9 nitrogen and oxygen atoms in total. The van der Waals surface area contributed by atoms with Gasteiger partial charge < -0.3 is 19.5 Å². The molecule has 1 aromatic rings. The summed E-state index contributed by atoms with van der Waals surface area (Å²) >= 11 is 0. The van der Waals surface area contributed by atoms with Crippen LogP contribution in [0.5, 0.6) is 0 Å². The van der Waals surface area contributed by atoms with E-state index in [9.17, 15) is 9.59 Å². The van der Waals surface area contributed by atoms with E-state index in [-0.39, 0.29) is 24.2 Å². The van der Waals surface area contributed by atoms with Crippen molar-refractivity contribution in [1.29, 1.82) is 0 Å². The van der Waals surface area contributed by atoms with Gasteiger partial charge in [0.25, 0.3) is 5.91 Å². The summed E-state index contributed by atoms with van der Waals surface area (Å²) < 4.78 is 12.0. The third kappa shape index (κ3) is 2.37. The first-order valence-corrected chi connectivity index (χ1v) is 6.28. The molecule has 1 atom stereocenters. The number of aromatic nitrogens is 3. The highest BCUT2D eigenvalue weighted by Crippen LogP contribution is 2.22. The van der Waals surface area contributed by atoms with E-state index in [4.69, 9.17) is 14.6 Å². The van der Waals surface area contributed by atoms with Gasteiger partial charge in [-0.15, -0.1) is 5.10 Å². The van der Waals surface area contributed by atoms with Crippen molar-refractivity contribution >= 4 is 11.9 Å². The average molecular weight is 282 g/mol. The van der Waals surface area contributed by atoms with Crippen LogP contribution in [0.3, 0.4) is 0 Å². The number of nitrogens with zero attached hydrogens (tertiary/aromatic N) is 4. The summed E-state index contributed by atoms with van der Waals surface area (Å²) in [6, 6.07) is -0.0379. The summed E-state index contributed by atoms with van der Waals surface area (Å²) in [6.07, 6.45) is 0.838. The van der Waals surface area contributed by atoms with Crippen molar-refractivity contribution in [2.24, 2.45) is 0 Å². The molecule has 0 radical (unpaired) electrons. The van der Waals surface area contributed by atoms with E-state index >= 15 is 0 Å². The predicted octanol–water partition coefficient (Wildman–Crippen LogP) is -1.22. The Morgan fingerprint density at radius 2 is 2.15 bits per heavy atom. The normalized spacial score (nSPS) is 23.4. The molecule has 108 valence electrons. The summed E-state index contributed by atoms with van der Waals surface area (Å²) in [5, 5.41) is 16.1. The first kappa shape index (κ1) is 13.0. The van der Waals surface area contributed by atoms with Crippen molar-refractivity contribution in [2.75, 3.05) is 32.9 Å². The summed E-state index contributed by atoms with van der Waals surface area (Å²) in [6.45, 7) is 2.18. The smallest absolute Gasteiger partial charge is 0.358 e. The Balaban J connectivity index is 1.55. The number of carboxylic acid groups (broad SMARTS) is 1. The fraction of sp³-hybridized carbons (Fsp3) is 0.636. The van der Waals surface area contributed by atoms with Crippen molar-refractivity contribution in [3.05, 3.63) is 11.9 Å². The van der Waals surface area contributed by atoms with E-state index in [1.807, 2.05) is 0 Å². The Labute approximate surface area is 114 Å². The minimum Gasteiger partial charge on any atom is -0.476 e. The lowest BCUT2D eigenvalue weighted by Crippen LogP contribution is -2.56. The standard InChI is InChI=1S/C11H14N4O5/c16-10(9-6-19-1-2-20-9)14-3-7(4-14)15-5-8(11(17)18)12-13-15/h5,7,9H,1-4,6H2,(H,17,18). The summed E-state index contributed by atoms with van der Waals surface area (Å²) in [5.74, 6) is -1.21. The third-order valence-electron chi connectivity index (χ3n) is 3.37. The van der Waals surface area contributed by atoms with Crippen LogP contribution in [0.1, 0.15) is 16.5 Å². The topological polar surface area (TPSA) is 107 Å². The molecule has 1 unspecified atom stereocenters. The SMILES string of the molecule is O=C(O)c1cn(C2CN(C(=O)C3COCCO3)C2)nn1. The van der Waals surface area contributed by atoms with Gasteiger partial charge >= 0.3 is 5.97 Å². The van der Waals surface area contributed by atoms with E-state index in [0.29, 0.717) is 26.3 Å². The van der Waals surface area contributed by atoms with E-state index in [1.54, 1.807) is 4.90 Å². The minimum absolute atomic E-state index is 0.0379. The molecule has 2 fully saturated rings. The van der Waals surface area contributed by atoms with Crippen LogP contribution in [0, 0.1) is 0 Å². The van der Waals surface area contributed by atoms with Gasteiger partial charge in [0.1, 0.15) is 0 Å². The molecule has 0 spiro atoms. The van der Waals surface area contributed by atoms with Crippen LogP contribution in [0.4, 0.5) is 0 Å². The van der Waals surface area contributed by atoms with Crippen molar-refractivity contribution in [2.45, 2.75) is 12.1 Å². The molecule has 0 saturated carbocycles.